The van der Waals surface area contributed by atoms with Gasteiger partial charge in [-0.1, -0.05) is 24.3 Å². The van der Waals surface area contributed by atoms with E-state index in [1.165, 1.54) is 5.32 Å². The van der Waals surface area contributed by atoms with Crippen LogP contribution in [0.2, 0.25) is 0 Å². The summed E-state index contributed by atoms with van der Waals surface area (Å²) in [5, 5.41) is 35.7. The number of aliphatic hydroxyl groups is 1. The van der Waals surface area contributed by atoms with E-state index in [9.17, 15) is 55.7 Å². The Balaban J connectivity index is 1.09. The van der Waals surface area contributed by atoms with E-state index in [0.717, 1.165) is 77.0 Å². The number of carboxylic acid groups (broad SMARTS) is 1. The zero-order valence-corrected chi connectivity index (χ0v) is 43.1. The van der Waals surface area contributed by atoms with Crippen molar-refractivity contribution in [2.24, 2.45) is 10.8 Å². The molecule has 2 unspecified atom stereocenters. The maximum Gasteiger partial charge on any atom is 0.407 e. The molecule has 8 rings (SSSR count). The van der Waals surface area contributed by atoms with Gasteiger partial charge in [0.15, 0.2) is 0 Å². The van der Waals surface area contributed by atoms with Crippen LogP contribution in [0.1, 0.15) is 76.3 Å². The number of fused-ring (bicyclic) bond motifs is 2. The third kappa shape index (κ3) is 12.6. The van der Waals surface area contributed by atoms with Gasteiger partial charge in [-0.25, -0.2) is 28.4 Å². The summed E-state index contributed by atoms with van der Waals surface area (Å²) in [5.74, 6) is -5.08. The number of nitrogens with zero attached hydrogens (tertiary/aromatic N) is 6. The Kier molecular flexibility index (Phi) is 16.6. The first kappa shape index (κ1) is 57.5. The number of alkyl carbamates (subject to hydrolysis) is 1. The Labute approximate surface area is 442 Å². The van der Waals surface area contributed by atoms with Crippen molar-refractivity contribution in [1.29, 1.82) is 0 Å². The summed E-state index contributed by atoms with van der Waals surface area (Å²) < 4.78 is 135. The molecule has 27 heteroatoms. The van der Waals surface area contributed by atoms with Crippen molar-refractivity contribution in [2.75, 3.05) is 44.9 Å². The highest BCUT2D eigenvalue weighted by atomic mass is 19.4. The molecule has 4 aromatic rings. The molecule has 3 saturated heterocycles. The highest BCUT2D eigenvalue weighted by Gasteiger charge is 2.57. The van der Waals surface area contributed by atoms with E-state index in [4.69, 9.17) is 14.1 Å². The molecule has 2 bridgehead atoms. The molecule has 19 nitrogen and oxygen atoms in total. The summed E-state index contributed by atoms with van der Waals surface area (Å²) in [6.07, 6.45) is -11.0. The molecule has 0 spiro atoms. The van der Waals surface area contributed by atoms with Crippen LogP contribution in [0.25, 0.3) is 22.6 Å². The van der Waals surface area contributed by atoms with Gasteiger partial charge in [0.2, 0.25) is 17.7 Å². The minimum Gasteiger partial charge on any atom is -0.465 e. The number of hydrazine groups is 1. The lowest BCUT2D eigenvalue weighted by atomic mass is 9.82. The van der Waals surface area contributed by atoms with Crippen LogP contribution < -0.4 is 26.3 Å². The fourth-order valence-corrected chi connectivity index (χ4v) is 9.91. The number of hydrogen-bond acceptors (Lipinski definition) is 14. The third-order valence-corrected chi connectivity index (χ3v) is 15.1. The number of hydrogen-bond donors (Lipinski definition) is 6. The number of alkyl halides is 6. The number of aromatic nitrogens is 3. The van der Waals surface area contributed by atoms with Gasteiger partial charge in [-0.15, -0.1) is 10.2 Å². The summed E-state index contributed by atoms with van der Waals surface area (Å²) >= 11 is 0. The van der Waals surface area contributed by atoms with Gasteiger partial charge in [-0.2, -0.15) is 26.3 Å². The first-order valence-electron chi connectivity index (χ1n) is 25.1. The number of anilines is 1. The Morgan fingerprint density at radius 1 is 0.782 bits per heavy atom. The van der Waals surface area contributed by atoms with Gasteiger partial charge in [-0.3, -0.25) is 19.9 Å². The monoisotopic (exact) mass is 1110 g/mol. The van der Waals surface area contributed by atoms with Crippen LogP contribution in [0.5, 0.6) is 0 Å². The van der Waals surface area contributed by atoms with Crippen LogP contribution >= 0.6 is 0 Å². The molecular formula is C51H60F8N10O9. The number of halogens is 8. The second-order valence-electron chi connectivity index (χ2n) is 21.3. The largest absolute Gasteiger partial charge is 0.465 e. The quantitative estimate of drug-likeness (QED) is 0.0411. The van der Waals surface area contributed by atoms with Gasteiger partial charge >= 0.3 is 24.5 Å². The second kappa shape index (κ2) is 22.6. The van der Waals surface area contributed by atoms with Crippen molar-refractivity contribution in [3.63, 3.8) is 0 Å². The molecule has 6 atom stereocenters. The number of aliphatic hydroxyl groups excluding tert-OH is 1. The first-order valence-corrected chi connectivity index (χ1v) is 25.1. The SMILES string of the molecule is COC(=O)N[C@H](C(=O)N[C@@H](Cc1ccc(-c2ccc(N3CC4CCC(C3)N4C3COC3)nc2)cc1)[C@@H](O)CN(Cc1c(F)cc(-c2nnc(C3CC3)o2)cc1F)NC(=O)[C@@H](NC(=O)O)C(C)(C)C(F)(F)F)C(C)(C)C(F)(F)F. The smallest absolute Gasteiger partial charge is 0.407 e. The summed E-state index contributed by atoms with van der Waals surface area (Å²) in [6, 6.07) is 6.31. The predicted molar refractivity (Wildman–Crippen MR) is 261 cm³/mol. The molecule has 4 fully saturated rings. The Morgan fingerprint density at radius 3 is 1.88 bits per heavy atom. The van der Waals surface area contributed by atoms with E-state index in [-0.39, 0.29) is 23.3 Å². The fraction of sp³-hybridized carbons (Fsp3) is 0.549. The molecule has 1 saturated carbocycles. The van der Waals surface area contributed by atoms with E-state index >= 15 is 8.78 Å². The van der Waals surface area contributed by atoms with Gasteiger partial charge < -0.3 is 45.0 Å². The highest BCUT2D eigenvalue weighted by Crippen LogP contribution is 2.43. The number of carbonyl (C=O) groups excluding carboxylic acids is 3. The predicted octanol–water partition coefficient (Wildman–Crippen LogP) is 6.47. The van der Waals surface area contributed by atoms with Crippen LogP contribution in [0.15, 0.2) is 59.1 Å². The van der Waals surface area contributed by atoms with Crippen molar-refractivity contribution in [2.45, 2.75) is 127 Å². The molecular weight excluding hydrogens is 1050 g/mol. The molecule has 5 heterocycles. The number of nitrogens with one attached hydrogen (secondary N) is 4. The Morgan fingerprint density at radius 2 is 1.37 bits per heavy atom. The van der Waals surface area contributed by atoms with Gasteiger partial charge in [-0.05, 0) is 95.2 Å². The number of methoxy groups -OCH3 is 1. The van der Waals surface area contributed by atoms with Crippen molar-refractivity contribution >= 4 is 29.8 Å². The van der Waals surface area contributed by atoms with Gasteiger partial charge in [0.25, 0.3) is 5.91 Å². The summed E-state index contributed by atoms with van der Waals surface area (Å²) in [4.78, 5) is 61.8. The van der Waals surface area contributed by atoms with Crippen LogP contribution in [0, 0.1) is 22.5 Å². The van der Waals surface area contributed by atoms with Crippen molar-refractivity contribution in [3.05, 3.63) is 83.4 Å². The van der Waals surface area contributed by atoms with E-state index < -0.39 is 108 Å². The van der Waals surface area contributed by atoms with Crippen molar-refractivity contribution in [1.82, 2.24) is 46.5 Å². The first-order chi connectivity index (χ1) is 36.6. The summed E-state index contributed by atoms with van der Waals surface area (Å²) in [5.41, 5.74) is -3.48. The Hall–Kier alpha value is -6.71. The number of amides is 4. The molecule has 0 radical (unpaired) electrons. The zero-order valence-electron chi connectivity index (χ0n) is 43.1. The molecule has 1 aliphatic carbocycles. The molecule has 2 aromatic heterocycles. The average Bonchev–Trinajstić information content (AvgIpc) is 4.19. The number of pyridine rings is 1. The van der Waals surface area contributed by atoms with Crippen LogP contribution in [-0.2, 0) is 32.0 Å². The van der Waals surface area contributed by atoms with Crippen LogP contribution in [0.4, 0.5) is 50.5 Å². The van der Waals surface area contributed by atoms with Gasteiger partial charge in [0.1, 0.15) is 29.5 Å². The average molecular weight is 1110 g/mol. The second-order valence-corrected chi connectivity index (χ2v) is 21.3. The molecule has 3 aliphatic heterocycles. The number of piperazine rings is 1. The molecule has 424 valence electrons. The van der Waals surface area contributed by atoms with Crippen LogP contribution in [0.3, 0.4) is 0 Å². The third-order valence-electron chi connectivity index (χ3n) is 15.1. The maximum atomic E-state index is 16.1. The number of benzene rings is 2. The Bertz CT molecular complexity index is 2770. The van der Waals surface area contributed by atoms with E-state index in [0.29, 0.717) is 67.5 Å². The maximum absolute atomic E-state index is 16.1. The van der Waals surface area contributed by atoms with Crippen molar-refractivity contribution < 1.29 is 78.4 Å². The van der Waals surface area contributed by atoms with Crippen molar-refractivity contribution in [3.8, 4) is 22.6 Å². The fourth-order valence-electron chi connectivity index (χ4n) is 9.91. The molecule has 2 aromatic carbocycles. The molecule has 4 aliphatic rings. The van der Waals surface area contributed by atoms with E-state index in [1.54, 1.807) is 30.5 Å². The molecule has 6 N–H and O–H groups in total. The van der Waals surface area contributed by atoms with Gasteiger partial charge in [0, 0.05) is 67.1 Å². The minimum absolute atomic E-state index is 0.0227. The lowest BCUT2D eigenvalue weighted by molar-refractivity contribution is -0.221. The normalized spacial score (nSPS) is 19.9. The molecule has 4 amide bonds. The number of carbonyl (C=O) groups is 4. The highest BCUT2D eigenvalue weighted by molar-refractivity contribution is 5.87. The number of rotatable bonds is 20. The van der Waals surface area contributed by atoms with Crippen LogP contribution in [-0.4, -0.2) is 154 Å². The number of ether oxygens (including phenoxy) is 2. The lowest BCUT2D eigenvalue weighted by Crippen LogP contribution is -2.63. The minimum atomic E-state index is -5.24. The topological polar surface area (TPSA) is 237 Å². The lowest BCUT2D eigenvalue weighted by Gasteiger charge is -2.48. The van der Waals surface area contributed by atoms with E-state index in [2.05, 4.69) is 30.1 Å². The summed E-state index contributed by atoms with van der Waals surface area (Å²) in [6.45, 7) is 3.21. The standard InChI is InChI=1S/C51H60F8N10O9/c1-48(2,50(54,55)56)40(63-47(75)76-5)42(71)61-37(16-26-6-8-27(9-7-26)29-12-15-39(60-19-29)67-20-31-13-14-32(21-67)69(31)33-24-77-25-33)38(70)23-68(66-43(72)41(62-46(73)74)49(3,4)51(57,58)59)22-34-35(52)17-30(18-36(34)53)45-65-64-44(78-45)28-10-11-28/h6-9,12,15,17-19,28,31-33,37-38,40-41,62,70H,10-11,13-14,16,20-25H2,1-5H3,(H,61,71)(H,63,75)(H,66,72)(H,73,74)/t31?,32?,37-,38-,40+,41+/m0/s1. The van der Waals surface area contributed by atoms with Gasteiger partial charge in [0.05, 0.1) is 49.3 Å². The molecule has 78 heavy (non-hydrogen) atoms. The zero-order chi connectivity index (χ0) is 56.6. The van der Waals surface area contributed by atoms with E-state index in [1.807, 2.05) is 22.9 Å². The summed E-state index contributed by atoms with van der Waals surface area (Å²) in [7, 11) is 0.841.